The van der Waals surface area contributed by atoms with Crippen molar-refractivity contribution in [2.45, 2.75) is 25.7 Å². The zero-order valence-electron chi connectivity index (χ0n) is 6.45. The average molecular weight is 160 g/mol. The number of aliphatic hydroxyl groups excluding tert-OH is 1. The molecule has 0 radical (unpaired) electrons. The molecule has 1 heterocycles. The van der Waals surface area contributed by atoms with E-state index < -0.39 is 12.4 Å². The lowest BCUT2D eigenvalue weighted by Crippen LogP contribution is -2.24. The lowest BCUT2D eigenvalue weighted by Gasteiger charge is -2.11. The number of ether oxygens (including phenoxy) is 2. The van der Waals surface area contributed by atoms with Crippen LogP contribution in [0.15, 0.2) is 0 Å². The summed E-state index contributed by atoms with van der Waals surface area (Å²) in [5, 5.41) is 9.08. The minimum Gasteiger partial charge on any atom is -0.385 e. The summed E-state index contributed by atoms with van der Waals surface area (Å²) in [5.74, 6) is -0.246. The molecule has 0 bridgehead atoms. The molecular formula is C7H12O4. The van der Waals surface area contributed by atoms with Crippen LogP contribution in [0.25, 0.3) is 0 Å². The molecule has 0 aromatic heterocycles. The van der Waals surface area contributed by atoms with Crippen LogP contribution in [0.4, 0.5) is 0 Å². The van der Waals surface area contributed by atoms with Crippen LogP contribution in [0.2, 0.25) is 0 Å². The normalized spacial score (nSPS) is 22.0. The Kier molecular flexibility index (Phi) is 2.99. The van der Waals surface area contributed by atoms with E-state index >= 15 is 0 Å². The van der Waals surface area contributed by atoms with Crippen LogP contribution in [0.5, 0.6) is 0 Å². The SMILES string of the molecule is CC(=O)C(O)CC1OCCO1. The summed E-state index contributed by atoms with van der Waals surface area (Å²) in [5.41, 5.74) is 0. The fraction of sp³-hybridized carbons (Fsp3) is 0.857. The first-order chi connectivity index (χ1) is 5.20. The molecule has 0 spiro atoms. The molecule has 1 N–H and O–H groups in total. The molecular weight excluding hydrogens is 148 g/mol. The van der Waals surface area contributed by atoms with Crippen LogP contribution in [-0.2, 0) is 14.3 Å². The Bertz CT molecular complexity index is 139. The van der Waals surface area contributed by atoms with Crippen LogP contribution in [0.1, 0.15) is 13.3 Å². The predicted molar refractivity (Wildman–Crippen MR) is 37.0 cm³/mol. The van der Waals surface area contributed by atoms with Crippen LogP contribution < -0.4 is 0 Å². The molecule has 1 rings (SSSR count). The van der Waals surface area contributed by atoms with Gasteiger partial charge in [0.1, 0.15) is 6.10 Å². The molecule has 1 aliphatic rings. The number of carbonyl (C=O) groups excluding carboxylic acids is 1. The molecule has 1 saturated heterocycles. The standard InChI is InChI=1S/C7H12O4/c1-5(8)6(9)4-7-10-2-3-11-7/h6-7,9H,2-4H2,1H3. The summed E-state index contributed by atoms with van der Waals surface area (Å²) >= 11 is 0. The smallest absolute Gasteiger partial charge is 0.160 e. The number of hydrogen-bond donors (Lipinski definition) is 1. The van der Waals surface area contributed by atoms with Crippen molar-refractivity contribution < 1.29 is 19.4 Å². The van der Waals surface area contributed by atoms with Crippen LogP contribution in [0, 0.1) is 0 Å². The van der Waals surface area contributed by atoms with Crippen molar-refractivity contribution in [3.63, 3.8) is 0 Å². The number of hydrogen-bond acceptors (Lipinski definition) is 4. The fourth-order valence-electron chi connectivity index (χ4n) is 0.892. The summed E-state index contributed by atoms with van der Waals surface area (Å²) in [7, 11) is 0. The van der Waals surface area contributed by atoms with Crippen LogP contribution in [0.3, 0.4) is 0 Å². The Morgan fingerprint density at radius 2 is 2.18 bits per heavy atom. The maximum atomic E-state index is 10.6. The number of carbonyl (C=O) groups is 1. The van der Waals surface area contributed by atoms with E-state index in [4.69, 9.17) is 14.6 Å². The number of rotatable bonds is 3. The van der Waals surface area contributed by atoms with E-state index in [1.807, 2.05) is 0 Å². The van der Waals surface area contributed by atoms with Gasteiger partial charge in [-0.2, -0.15) is 0 Å². The van der Waals surface area contributed by atoms with Crippen molar-refractivity contribution in [1.29, 1.82) is 0 Å². The first-order valence-electron chi connectivity index (χ1n) is 3.62. The zero-order chi connectivity index (χ0) is 8.27. The van der Waals surface area contributed by atoms with Crippen molar-refractivity contribution in [3.05, 3.63) is 0 Å². The molecule has 1 atom stereocenters. The maximum Gasteiger partial charge on any atom is 0.160 e. The largest absolute Gasteiger partial charge is 0.385 e. The lowest BCUT2D eigenvalue weighted by molar-refractivity contribution is -0.131. The van der Waals surface area contributed by atoms with Crippen LogP contribution >= 0.6 is 0 Å². The first-order valence-corrected chi connectivity index (χ1v) is 3.62. The van der Waals surface area contributed by atoms with E-state index in [0.29, 0.717) is 13.2 Å². The van der Waals surface area contributed by atoms with Crippen molar-refractivity contribution in [2.24, 2.45) is 0 Å². The summed E-state index contributed by atoms with van der Waals surface area (Å²) in [4.78, 5) is 10.6. The molecule has 1 fully saturated rings. The van der Waals surface area contributed by atoms with Crippen molar-refractivity contribution in [2.75, 3.05) is 13.2 Å². The third-order valence-electron chi connectivity index (χ3n) is 1.58. The molecule has 0 aromatic carbocycles. The second-order valence-corrected chi connectivity index (χ2v) is 2.53. The molecule has 1 unspecified atom stereocenters. The van der Waals surface area contributed by atoms with Gasteiger partial charge in [-0.25, -0.2) is 0 Å². The molecule has 0 amide bonds. The van der Waals surface area contributed by atoms with E-state index in [9.17, 15) is 4.79 Å². The monoisotopic (exact) mass is 160 g/mol. The van der Waals surface area contributed by atoms with E-state index in [-0.39, 0.29) is 12.2 Å². The summed E-state index contributed by atoms with van der Waals surface area (Å²) in [6, 6.07) is 0. The second kappa shape index (κ2) is 3.80. The Hall–Kier alpha value is -0.450. The molecule has 4 heteroatoms. The van der Waals surface area contributed by atoms with E-state index in [2.05, 4.69) is 0 Å². The highest BCUT2D eigenvalue weighted by atomic mass is 16.7. The highest BCUT2D eigenvalue weighted by Gasteiger charge is 2.21. The molecule has 11 heavy (non-hydrogen) atoms. The highest BCUT2D eigenvalue weighted by Crippen LogP contribution is 2.10. The molecule has 4 nitrogen and oxygen atoms in total. The van der Waals surface area contributed by atoms with Gasteiger partial charge in [-0.3, -0.25) is 4.79 Å². The number of ketones is 1. The van der Waals surface area contributed by atoms with Gasteiger partial charge >= 0.3 is 0 Å². The van der Waals surface area contributed by atoms with Crippen molar-refractivity contribution in [1.82, 2.24) is 0 Å². The zero-order valence-corrected chi connectivity index (χ0v) is 6.45. The van der Waals surface area contributed by atoms with Gasteiger partial charge in [0.15, 0.2) is 12.1 Å². The number of Topliss-reactive ketones (excluding diaryl/α,β-unsaturated/α-hetero) is 1. The predicted octanol–water partition coefficient (Wildman–Crippen LogP) is -0.301. The van der Waals surface area contributed by atoms with Gasteiger partial charge in [0.2, 0.25) is 0 Å². The summed E-state index contributed by atoms with van der Waals surface area (Å²) in [6.45, 7) is 2.45. The Morgan fingerprint density at radius 1 is 1.64 bits per heavy atom. The number of aliphatic hydroxyl groups is 1. The quantitative estimate of drug-likeness (QED) is 0.615. The molecule has 1 aliphatic heterocycles. The maximum absolute atomic E-state index is 10.6. The van der Waals surface area contributed by atoms with E-state index in [1.165, 1.54) is 6.92 Å². The summed E-state index contributed by atoms with van der Waals surface area (Å²) in [6.07, 6.45) is -1.10. The third-order valence-corrected chi connectivity index (χ3v) is 1.58. The topological polar surface area (TPSA) is 55.8 Å². The minimum atomic E-state index is -0.946. The minimum absolute atomic E-state index is 0.245. The van der Waals surface area contributed by atoms with Gasteiger partial charge in [-0.1, -0.05) is 0 Å². The van der Waals surface area contributed by atoms with Gasteiger partial charge in [-0.05, 0) is 6.92 Å². The Morgan fingerprint density at radius 3 is 2.64 bits per heavy atom. The second-order valence-electron chi connectivity index (χ2n) is 2.53. The Balaban J connectivity index is 2.23. The first kappa shape index (κ1) is 8.64. The molecule has 0 aromatic rings. The third kappa shape index (κ3) is 2.57. The van der Waals surface area contributed by atoms with Gasteiger partial charge in [0.25, 0.3) is 0 Å². The fourth-order valence-corrected chi connectivity index (χ4v) is 0.892. The van der Waals surface area contributed by atoms with E-state index in [0.717, 1.165) is 0 Å². The van der Waals surface area contributed by atoms with Crippen molar-refractivity contribution in [3.8, 4) is 0 Å². The summed E-state index contributed by atoms with van der Waals surface area (Å²) < 4.78 is 10.1. The molecule has 0 aliphatic carbocycles. The van der Waals surface area contributed by atoms with Crippen LogP contribution in [-0.4, -0.2) is 36.5 Å². The van der Waals surface area contributed by atoms with E-state index in [1.54, 1.807) is 0 Å². The average Bonchev–Trinajstić information content (AvgIpc) is 2.39. The highest BCUT2D eigenvalue weighted by molar-refractivity contribution is 5.80. The van der Waals surface area contributed by atoms with Gasteiger partial charge in [0.05, 0.1) is 13.2 Å². The van der Waals surface area contributed by atoms with Crippen molar-refractivity contribution >= 4 is 5.78 Å². The molecule has 64 valence electrons. The van der Waals surface area contributed by atoms with Gasteiger partial charge in [0, 0.05) is 6.42 Å². The van der Waals surface area contributed by atoms with Gasteiger partial charge in [-0.15, -0.1) is 0 Å². The molecule has 0 saturated carbocycles. The lowest BCUT2D eigenvalue weighted by atomic mass is 10.2. The Labute approximate surface area is 65.1 Å². The van der Waals surface area contributed by atoms with Gasteiger partial charge < -0.3 is 14.6 Å².